The normalized spacial score (nSPS) is 16.6. The van der Waals surface area contributed by atoms with Crippen LogP contribution >= 0.6 is 0 Å². The number of anilines is 1. The van der Waals surface area contributed by atoms with Gasteiger partial charge in [-0.2, -0.15) is 0 Å². The molecule has 0 bridgehead atoms. The molecule has 1 fully saturated rings. The molecule has 128 valence electrons. The van der Waals surface area contributed by atoms with Crippen LogP contribution in [-0.2, 0) is 4.79 Å². The number of nitro benzene ring substituents is 1. The Hall–Kier alpha value is -3.22. The highest BCUT2D eigenvalue weighted by Gasteiger charge is 2.33. The van der Waals surface area contributed by atoms with Gasteiger partial charge in [-0.1, -0.05) is 30.3 Å². The summed E-state index contributed by atoms with van der Waals surface area (Å²) in [5.74, 6) is -0.792. The summed E-state index contributed by atoms with van der Waals surface area (Å²) < 4.78 is 0. The van der Waals surface area contributed by atoms with Crippen molar-refractivity contribution in [3.63, 3.8) is 0 Å². The van der Waals surface area contributed by atoms with Crippen molar-refractivity contribution in [3.8, 4) is 0 Å². The molecule has 0 aromatic heterocycles. The molecule has 0 radical (unpaired) electrons. The minimum absolute atomic E-state index is 0.199. The summed E-state index contributed by atoms with van der Waals surface area (Å²) in [4.78, 5) is 36.7. The van der Waals surface area contributed by atoms with Gasteiger partial charge in [-0.3, -0.25) is 19.7 Å². The summed E-state index contributed by atoms with van der Waals surface area (Å²) in [6.07, 6.45) is 1.30. The van der Waals surface area contributed by atoms with E-state index in [1.807, 2.05) is 0 Å². The van der Waals surface area contributed by atoms with Crippen molar-refractivity contribution in [1.29, 1.82) is 0 Å². The molecule has 7 nitrogen and oxygen atoms in total. The lowest BCUT2D eigenvalue weighted by atomic mass is 10.0. The molecule has 7 heteroatoms. The topological polar surface area (TPSA) is 107 Å². The number of primary amides is 1. The molecular weight excluding hydrogens is 322 g/mol. The van der Waals surface area contributed by atoms with Gasteiger partial charge >= 0.3 is 0 Å². The molecule has 25 heavy (non-hydrogen) atoms. The molecule has 2 aromatic rings. The SMILES string of the molecule is NC(=O)C1CCCN1c1ccc(C(=O)c2ccccc2)cc1[N+](=O)[O-]. The number of benzene rings is 2. The third-order valence-electron chi connectivity index (χ3n) is 4.36. The minimum Gasteiger partial charge on any atom is -0.368 e. The second-order valence-corrected chi connectivity index (χ2v) is 5.91. The van der Waals surface area contributed by atoms with Crippen molar-refractivity contribution in [2.45, 2.75) is 18.9 Å². The lowest BCUT2D eigenvalue weighted by Gasteiger charge is -2.24. The van der Waals surface area contributed by atoms with Crippen molar-refractivity contribution in [3.05, 3.63) is 69.8 Å². The van der Waals surface area contributed by atoms with E-state index in [2.05, 4.69) is 0 Å². The van der Waals surface area contributed by atoms with E-state index in [1.54, 1.807) is 41.3 Å². The lowest BCUT2D eigenvalue weighted by molar-refractivity contribution is -0.384. The Labute approximate surface area is 144 Å². The Balaban J connectivity index is 2.01. The number of nitrogens with two attached hydrogens (primary N) is 1. The molecule has 3 rings (SSSR count). The van der Waals surface area contributed by atoms with Crippen LogP contribution in [0.5, 0.6) is 0 Å². The number of ketones is 1. The van der Waals surface area contributed by atoms with Crippen molar-refractivity contribution in [2.24, 2.45) is 5.73 Å². The largest absolute Gasteiger partial charge is 0.368 e. The Morgan fingerprint density at radius 3 is 2.48 bits per heavy atom. The number of hydrogen-bond acceptors (Lipinski definition) is 5. The second-order valence-electron chi connectivity index (χ2n) is 5.91. The predicted molar refractivity (Wildman–Crippen MR) is 92.5 cm³/mol. The fourth-order valence-electron chi connectivity index (χ4n) is 3.16. The third kappa shape index (κ3) is 3.21. The molecule has 1 atom stereocenters. The fraction of sp³-hybridized carbons (Fsp3) is 0.222. The third-order valence-corrected chi connectivity index (χ3v) is 4.36. The number of nitro groups is 1. The van der Waals surface area contributed by atoms with E-state index in [9.17, 15) is 19.7 Å². The van der Waals surface area contributed by atoms with Crippen LogP contribution < -0.4 is 10.6 Å². The van der Waals surface area contributed by atoms with Crippen molar-refractivity contribution in [1.82, 2.24) is 0 Å². The number of carbonyl (C=O) groups excluding carboxylic acids is 2. The first kappa shape index (κ1) is 16.6. The van der Waals surface area contributed by atoms with Gasteiger partial charge in [0.25, 0.3) is 5.69 Å². The molecule has 1 heterocycles. The van der Waals surface area contributed by atoms with E-state index in [1.165, 1.54) is 12.1 Å². The van der Waals surface area contributed by atoms with Gasteiger partial charge in [0.1, 0.15) is 11.7 Å². The number of amides is 1. The Morgan fingerprint density at radius 2 is 1.84 bits per heavy atom. The molecule has 0 aliphatic carbocycles. The van der Waals surface area contributed by atoms with Gasteiger partial charge in [0.05, 0.1) is 4.92 Å². The van der Waals surface area contributed by atoms with E-state index < -0.39 is 16.9 Å². The van der Waals surface area contributed by atoms with Gasteiger partial charge in [0.2, 0.25) is 5.91 Å². The van der Waals surface area contributed by atoms with Crippen molar-refractivity contribution in [2.75, 3.05) is 11.4 Å². The van der Waals surface area contributed by atoms with E-state index >= 15 is 0 Å². The van der Waals surface area contributed by atoms with Gasteiger partial charge in [-0.15, -0.1) is 0 Å². The van der Waals surface area contributed by atoms with Gasteiger partial charge in [0, 0.05) is 23.7 Å². The summed E-state index contributed by atoms with van der Waals surface area (Å²) in [6, 6.07) is 12.4. The molecule has 1 aliphatic rings. The molecule has 1 aliphatic heterocycles. The summed E-state index contributed by atoms with van der Waals surface area (Å²) >= 11 is 0. The predicted octanol–water partition coefficient (Wildman–Crippen LogP) is 2.28. The summed E-state index contributed by atoms with van der Waals surface area (Å²) in [5, 5.41) is 11.5. The smallest absolute Gasteiger partial charge is 0.293 e. The summed E-state index contributed by atoms with van der Waals surface area (Å²) in [6.45, 7) is 0.514. The van der Waals surface area contributed by atoms with Crippen LogP contribution in [0.25, 0.3) is 0 Å². The maximum atomic E-state index is 12.5. The van der Waals surface area contributed by atoms with Crippen LogP contribution in [0.2, 0.25) is 0 Å². The van der Waals surface area contributed by atoms with Gasteiger partial charge in [-0.25, -0.2) is 0 Å². The van der Waals surface area contributed by atoms with E-state index in [-0.39, 0.29) is 17.0 Å². The maximum absolute atomic E-state index is 12.5. The zero-order valence-corrected chi connectivity index (χ0v) is 13.4. The van der Waals surface area contributed by atoms with Crippen LogP contribution in [0.1, 0.15) is 28.8 Å². The van der Waals surface area contributed by atoms with Crippen LogP contribution in [-0.4, -0.2) is 29.2 Å². The number of nitrogens with zero attached hydrogens (tertiary/aromatic N) is 2. The number of rotatable bonds is 5. The highest BCUT2D eigenvalue weighted by molar-refractivity contribution is 6.09. The molecular formula is C18H17N3O4. The fourth-order valence-corrected chi connectivity index (χ4v) is 3.16. The molecule has 0 spiro atoms. The molecule has 1 unspecified atom stereocenters. The van der Waals surface area contributed by atoms with Crippen LogP contribution in [0.3, 0.4) is 0 Å². The van der Waals surface area contributed by atoms with Crippen molar-refractivity contribution < 1.29 is 14.5 Å². The Kier molecular flexibility index (Phi) is 4.47. The van der Waals surface area contributed by atoms with Crippen molar-refractivity contribution >= 4 is 23.1 Å². The molecule has 0 saturated carbocycles. The standard InChI is InChI=1S/C18H17N3O4/c19-18(23)15-7-4-10-20(15)14-9-8-13(11-16(14)21(24)25)17(22)12-5-2-1-3-6-12/h1-3,5-6,8-9,11,15H,4,7,10H2,(H2,19,23). The molecule has 2 aromatic carbocycles. The van der Waals surface area contributed by atoms with Crippen LogP contribution in [0, 0.1) is 10.1 Å². The molecule has 1 saturated heterocycles. The summed E-state index contributed by atoms with van der Waals surface area (Å²) in [7, 11) is 0. The second kappa shape index (κ2) is 6.72. The lowest BCUT2D eigenvalue weighted by Crippen LogP contribution is -2.40. The van der Waals surface area contributed by atoms with E-state index in [4.69, 9.17) is 5.73 Å². The minimum atomic E-state index is -0.561. The monoisotopic (exact) mass is 339 g/mol. The first-order chi connectivity index (χ1) is 12.0. The van der Waals surface area contributed by atoms with Gasteiger partial charge < -0.3 is 10.6 Å². The average Bonchev–Trinajstić information content (AvgIpc) is 3.11. The van der Waals surface area contributed by atoms with E-state index in [0.717, 1.165) is 6.42 Å². The molecule has 1 amide bonds. The quantitative estimate of drug-likeness (QED) is 0.511. The Morgan fingerprint density at radius 1 is 1.12 bits per heavy atom. The average molecular weight is 339 g/mol. The molecule has 2 N–H and O–H groups in total. The Bertz CT molecular complexity index is 835. The van der Waals surface area contributed by atoms with Gasteiger partial charge in [-0.05, 0) is 25.0 Å². The number of carbonyl (C=O) groups is 2. The van der Waals surface area contributed by atoms with Crippen LogP contribution in [0.15, 0.2) is 48.5 Å². The maximum Gasteiger partial charge on any atom is 0.293 e. The first-order valence-corrected chi connectivity index (χ1v) is 7.93. The van der Waals surface area contributed by atoms with E-state index in [0.29, 0.717) is 24.2 Å². The zero-order chi connectivity index (χ0) is 18.0. The zero-order valence-electron chi connectivity index (χ0n) is 13.4. The highest BCUT2D eigenvalue weighted by Crippen LogP contribution is 2.34. The van der Waals surface area contributed by atoms with Gasteiger partial charge in [0.15, 0.2) is 5.78 Å². The summed E-state index contributed by atoms with van der Waals surface area (Å²) in [5.41, 5.74) is 6.21. The number of hydrogen-bond donors (Lipinski definition) is 1. The first-order valence-electron chi connectivity index (χ1n) is 7.93. The highest BCUT2D eigenvalue weighted by atomic mass is 16.6. The van der Waals surface area contributed by atoms with Crippen LogP contribution in [0.4, 0.5) is 11.4 Å².